The number of hydrogen-bond donors (Lipinski definition) is 2. The molecule has 0 atom stereocenters. The Bertz CT molecular complexity index is 1270. The van der Waals surface area contributed by atoms with Crippen LogP contribution in [-0.2, 0) is 0 Å². The van der Waals surface area contributed by atoms with E-state index in [1.165, 1.54) is 10.9 Å². The molecule has 3 N–H and O–H groups in total. The van der Waals surface area contributed by atoms with Crippen LogP contribution in [0.1, 0.15) is 29.4 Å². The fourth-order valence-corrected chi connectivity index (χ4v) is 3.00. The molecule has 12 heteroatoms. The Balaban J connectivity index is 1.65. The largest absolute Gasteiger partial charge is 0.494 e. The average Bonchev–Trinajstić information content (AvgIpc) is 3.45. The number of hydrazone groups is 1. The summed E-state index contributed by atoms with van der Waals surface area (Å²) >= 11 is 5.88. The fraction of sp³-hybridized carbons (Fsp3) is 0.143. The van der Waals surface area contributed by atoms with Gasteiger partial charge in [0.25, 0.3) is 5.91 Å². The minimum Gasteiger partial charge on any atom is -0.494 e. The minimum atomic E-state index is -0.581. The van der Waals surface area contributed by atoms with Crippen LogP contribution in [0.4, 0.5) is 5.82 Å². The third-order valence-corrected chi connectivity index (χ3v) is 4.68. The van der Waals surface area contributed by atoms with E-state index in [9.17, 15) is 4.79 Å². The molecule has 0 aliphatic heterocycles. The Labute approximate surface area is 193 Å². The van der Waals surface area contributed by atoms with Gasteiger partial charge in [0.1, 0.15) is 11.4 Å². The predicted octanol–water partition coefficient (Wildman–Crippen LogP) is 3.11. The summed E-state index contributed by atoms with van der Waals surface area (Å²) in [7, 11) is 0. The number of nitrogens with zero attached hydrogens (tertiary/aromatic N) is 6. The van der Waals surface area contributed by atoms with Gasteiger partial charge in [-0.25, -0.2) is 10.1 Å². The number of nitrogens with two attached hydrogens (primary N) is 1. The molecule has 168 valence electrons. The molecule has 0 spiro atoms. The minimum absolute atomic E-state index is 0.00299. The predicted molar refractivity (Wildman–Crippen MR) is 121 cm³/mol. The summed E-state index contributed by atoms with van der Waals surface area (Å²) in [6, 6.07) is 14.1. The van der Waals surface area contributed by atoms with Crippen LogP contribution in [0.5, 0.6) is 5.75 Å². The van der Waals surface area contributed by atoms with E-state index in [0.29, 0.717) is 28.6 Å². The third kappa shape index (κ3) is 4.99. The van der Waals surface area contributed by atoms with Crippen LogP contribution < -0.4 is 15.9 Å². The topological polar surface area (TPSA) is 146 Å². The van der Waals surface area contributed by atoms with Crippen molar-refractivity contribution in [3.8, 4) is 22.8 Å². The van der Waals surface area contributed by atoms with Crippen molar-refractivity contribution in [3.05, 3.63) is 64.8 Å². The summed E-state index contributed by atoms with van der Waals surface area (Å²) in [6.45, 7) is 2.62. The lowest BCUT2D eigenvalue weighted by molar-refractivity contribution is 0.0950. The number of rotatable bonds is 8. The van der Waals surface area contributed by atoms with Crippen molar-refractivity contribution >= 4 is 29.5 Å². The molecule has 2 aromatic heterocycles. The molecule has 0 unspecified atom stereocenters. The second kappa shape index (κ2) is 9.92. The monoisotopic (exact) mass is 466 g/mol. The smallest absolute Gasteiger partial charge is 0.294 e. The van der Waals surface area contributed by atoms with Crippen molar-refractivity contribution in [2.75, 3.05) is 12.3 Å². The lowest BCUT2D eigenvalue weighted by Gasteiger charge is -2.08. The second-order valence-corrected chi connectivity index (χ2v) is 7.23. The Kier molecular flexibility index (Phi) is 6.60. The first-order valence-electron chi connectivity index (χ1n) is 9.93. The zero-order chi connectivity index (χ0) is 23.2. The summed E-state index contributed by atoms with van der Waals surface area (Å²) in [5, 5.41) is 20.0. The number of amides is 1. The van der Waals surface area contributed by atoms with Crippen LogP contribution in [0.2, 0.25) is 5.02 Å². The Morgan fingerprint density at radius 2 is 1.97 bits per heavy atom. The van der Waals surface area contributed by atoms with Gasteiger partial charge in [0.05, 0.1) is 12.8 Å². The zero-order valence-electron chi connectivity index (χ0n) is 17.5. The van der Waals surface area contributed by atoms with Gasteiger partial charge in [0.2, 0.25) is 11.6 Å². The van der Waals surface area contributed by atoms with Crippen LogP contribution in [0.15, 0.2) is 58.3 Å². The summed E-state index contributed by atoms with van der Waals surface area (Å²) in [4.78, 5) is 12.9. The quantitative estimate of drug-likeness (QED) is 0.297. The summed E-state index contributed by atoms with van der Waals surface area (Å²) < 4.78 is 11.6. The van der Waals surface area contributed by atoms with E-state index in [1.54, 1.807) is 48.5 Å². The van der Waals surface area contributed by atoms with Gasteiger partial charge < -0.3 is 10.5 Å². The van der Waals surface area contributed by atoms with Crippen LogP contribution in [0.25, 0.3) is 17.1 Å². The molecule has 11 nitrogen and oxygen atoms in total. The number of carbonyl (C=O) groups is 1. The number of aromatic nitrogens is 5. The first-order chi connectivity index (χ1) is 16.1. The maximum atomic E-state index is 12.9. The standard InChI is InChI=1S/C21H19ClN8O3/c1-2-11-32-16-9-5-14(6-10-16)18-17(25-29-30(18)20-19(23)27-33-28-20)21(31)26-24-12-13-3-7-15(22)8-4-13/h3-10,12H,2,11H2,1H3,(H2,23,27)(H,26,31)/b24-12+. The number of hydrogen-bond acceptors (Lipinski definition) is 9. The van der Waals surface area contributed by atoms with E-state index in [4.69, 9.17) is 22.1 Å². The van der Waals surface area contributed by atoms with Crippen molar-refractivity contribution in [1.82, 2.24) is 30.7 Å². The highest BCUT2D eigenvalue weighted by Gasteiger charge is 2.25. The van der Waals surface area contributed by atoms with Crippen molar-refractivity contribution in [1.29, 1.82) is 0 Å². The molecule has 0 aliphatic rings. The molecular weight excluding hydrogens is 448 g/mol. The van der Waals surface area contributed by atoms with Gasteiger partial charge in [-0.2, -0.15) is 9.78 Å². The molecule has 33 heavy (non-hydrogen) atoms. The molecule has 0 fully saturated rings. The van der Waals surface area contributed by atoms with Crippen molar-refractivity contribution in [2.24, 2.45) is 5.10 Å². The molecule has 2 aromatic carbocycles. The van der Waals surface area contributed by atoms with E-state index >= 15 is 0 Å². The van der Waals surface area contributed by atoms with E-state index in [0.717, 1.165) is 12.0 Å². The lowest BCUT2D eigenvalue weighted by Crippen LogP contribution is -2.19. The van der Waals surface area contributed by atoms with Gasteiger partial charge in [0.15, 0.2) is 5.69 Å². The first kappa shape index (κ1) is 22.0. The number of halogens is 1. The Morgan fingerprint density at radius 1 is 1.21 bits per heavy atom. The van der Waals surface area contributed by atoms with Gasteiger partial charge >= 0.3 is 0 Å². The van der Waals surface area contributed by atoms with Crippen molar-refractivity contribution in [3.63, 3.8) is 0 Å². The van der Waals surface area contributed by atoms with E-state index in [1.807, 2.05) is 6.92 Å². The SMILES string of the molecule is CCCOc1ccc(-c2c(C(=O)N/N=C/c3ccc(Cl)cc3)nnn2-c2nonc2N)cc1. The maximum Gasteiger partial charge on any atom is 0.294 e. The normalized spacial score (nSPS) is 11.1. The van der Waals surface area contributed by atoms with E-state index in [2.05, 4.69) is 35.8 Å². The van der Waals surface area contributed by atoms with Crippen LogP contribution in [-0.4, -0.2) is 44.0 Å². The van der Waals surface area contributed by atoms with Gasteiger partial charge in [-0.05, 0) is 58.7 Å². The first-order valence-corrected chi connectivity index (χ1v) is 10.3. The Morgan fingerprint density at radius 3 is 2.64 bits per heavy atom. The lowest BCUT2D eigenvalue weighted by atomic mass is 10.1. The maximum absolute atomic E-state index is 12.9. The fourth-order valence-electron chi connectivity index (χ4n) is 2.88. The molecule has 0 saturated carbocycles. The number of benzene rings is 2. The molecule has 0 bridgehead atoms. The highest BCUT2D eigenvalue weighted by atomic mass is 35.5. The molecule has 2 heterocycles. The van der Waals surface area contributed by atoms with E-state index < -0.39 is 5.91 Å². The molecule has 1 amide bonds. The number of carbonyl (C=O) groups excluding carboxylic acids is 1. The summed E-state index contributed by atoms with van der Waals surface area (Å²) in [5.74, 6) is 0.216. The molecule has 0 saturated heterocycles. The van der Waals surface area contributed by atoms with Gasteiger partial charge in [-0.15, -0.1) is 5.10 Å². The summed E-state index contributed by atoms with van der Waals surface area (Å²) in [6.07, 6.45) is 2.37. The number of ether oxygens (including phenoxy) is 1. The Hall–Kier alpha value is -4.25. The number of nitrogen functional groups attached to an aromatic ring is 1. The molecule has 4 aromatic rings. The highest BCUT2D eigenvalue weighted by Crippen LogP contribution is 2.28. The number of anilines is 1. The van der Waals surface area contributed by atoms with Crippen LogP contribution in [0.3, 0.4) is 0 Å². The van der Waals surface area contributed by atoms with Gasteiger partial charge in [-0.3, -0.25) is 4.79 Å². The van der Waals surface area contributed by atoms with Gasteiger partial charge in [-0.1, -0.05) is 35.9 Å². The van der Waals surface area contributed by atoms with Crippen molar-refractivity contribution < 1.29 is 14.2 Å². The van der Waals surface area contributed by atoms with Crippen LogP contribution in [0, 0.1) is 0 Å². The van der Waals surface area contributed by atoms with E-state index in [-0.39, 0.29) is 17.3 Å². The van der Waals surface area contributed by atoms with Gasteiger partial charge in [0, 0.05) is 10.6 Å². The van der Waals surface area contributed by atoms with Crippen LogP contribution >= 0.6 is 11.6 Å². The second-order valence-electron chi connectivity index (χ2n) is 6.80. The molecule has 0 radical (unpaired) electrons. The van der Waals surface area contributed by atoms with Crippen molar-refractivity contribution in [2.45, 2.75) is 13.3 Å². The molecule has 4 rings (SSSR count). The summed E-state index contributed by atoms with van der Waals surface area (Å²) in [5.41, 5.74) is 10.0. The highest BCUT2D eigenvalue weighted by molar-refractivity contribution is 6.30. The molecule has 0 aliphatic carbocycles. The zero-order valence-corrected chi connectivity index (χ0v) is 18.2. The number of nitrogens with one attached hydrogen (secondary N) is 1. The third-order valence-electron chi connectivity index (χ3n) is 4.43. The molecular formula is C21H19ClN8O3. The average molecular weight is 467 g/mol.